The van der Waals surface area contributed by atoms with Crippen molar-refractivity contribution in [3.8, 4) is 0 Å². The third-order valence-electron chi connectivity index (χ3n) is 4.14. The van der Waals surface area contributed by atoms with Crippen molar-refractivity contribution < 1.29 is 14.9 Å². The molecule has 0 aromatic rings. The second-order valence-corrected chi connectivity index (χ2v) is 12.3. The van der Waals surface area contributed by atoms with Crippen LogP contribution in [-0.4, -0.2) is 76.6 Å². The van der Waals surface area contributed by atoms with Gasteiger partial charge < -0.3 is 25.6 Å². The number of hydrogen-bond acceptors (Lipinski definition) is 6. The van der Waals surface area contributed by atoms with Crippen LogP contribution in [0.1, 0.15) is 12.8 Å². The fraction of sp³-hybridized carbons (Fsp3) is 0.625. The van der Waals surface area contributed by atoms with Gasteiger partial charge in [0.25, 0.3) is 0 Å². The SMILES string of the molecule is C=C1N=C(N)C(CCO)=CN1[C@@H]1O[C@H](CCP(=C)(C)C)[C@@H](O)C1Br. The van der Waals surface area contributed by atoms with Gasteiger partial charge >= 0.3 is 0 Å². The van der Waals surface area contributed by atoms with Gasteiger partial charge in [0, 0.05) is 24.8 Å². The average molecular weight is 420 g/mol. The van der Waals surface area contributed by atoms with E-state index < -0.39 is 19.2 Å². The van der Waals surface area contributed by atoms with Crippen molar-refractivity contribution in [1.82, 2.24) is 4.90 Å². The molecule has 4 atom stereocenters. The van der Waals surface area contributed by atoms with E-state index in [2.05, 4.69) is 47.1 Å². The molecule has 2 aliphatic rings. The third-order valence-corrected chi connectivity index (χ3v) is 6.60. The number of halogens is 1. The Hall–Kier alpha value is -0.590. The minimum Gasteiger partial charge on any atom is -0.396 e. The van der Waals surface area contributed by atoms with Gasteiger partial charge in [0.1, 0.15) is 11.7 Å². The molecule has 0 amide bonds. The lowest BCUT2D eigenvalue weighted by Crippen LogP contribution is -2.40. The summed E-state index contributed by atoms with van der Waals surface area (Å²) in [4.78, 5) is 5.74. The molecule has 24 heavy (non-hydrogen) atoms. The summed E-state index contributed by atoms with van der Waals surface area (Å²) in [5.41, 5.74) is 6.61. The van der Waals surface area contributed by atoms with Crippen LogP contribution in [0.5, 0.6) is 0 Å². The van der Waals surface area contributed by atoms with E-state index in [1.54, 1.807) is 11.1 Å². The molecule has 0 bridgehead atoms. The van der Waals surface area contributed by atoms with Crippen molar-refractivity contribution in [2.24, 2.45) is 10.7 Å². The number of aliphatic hydroxyl groups is 2. The number of aliphatic hydroxyl groups excluding tert-OH is 2. The van der Waals surface area contributed by atoms with E-state index in [9.17, 15) is 5.11 Å². The maximum absolute atomic E-state index is 10.5. The van der Waals surface area contributed by atoms with E-state index in [-0.39, 0.29) is 17.5 Å². The monoisotopic (exact) mass is 419 g/mol. The molecule has 1 saturated heterocycles. The molecular formula is C16H27BrN3O3P. The highest BCUT2D eigenvalue weighted by molar-refractivity contribution is 9.09. The first-order valence-electron chi connectivity index (χ1n) is 7.92. The molecule has 6 nitrogen and oxygen atoms in total. The first kappa shape index (κ1) is 19.7. The Morgan fingerprint density at radius 2 is 2.17 bits per heavy atom. The van der Waals surface area contributed by atoms with Gasteiger partial charge in [0.15, 0.2) is 6.23 Å². The Morgan fingerprint density at radius 1 is 1.50 bits per heavy atom. The molecule has 136 valence electrons. The Bertz CT molecular complexity index is 601. The van der Waals surface area contributed by atoms with Gasteiger partial charge in [0.05, 0.1) is 17.0 Å². The molecule has 2 heterocycles. The maximum Gasteiger partial charge on any atom is 0.150 e. The zero-order valence-electron chi connectivity index (χ0n) is 14.2. The first-order chi connectivity index (χ1) is 11.1. The number of nitrogens with zero attached hydrogens (tertiary/aromatic N) is 2. The Morgan fingerprint density at radius 3 is 2.75 bits per heavy atom. The smallest absolute Gasteiger partial charge is 0.150 e. The van der Waals surface area contributed by atoms with Gasteiger partial charge in [-0.25, -0.2) is 4.99 Å². The Balaban J connectivity index is 2.14. The third kappa shape index (κ3) is 4.52. The molecule has 0 spiro atoms. The summed E-state index contributed by atoms with van der Waals surface area (Å²) >= 11 is 3.55. The Labute approximate surface area is 152 Å². The molecule has 1 fully saturated rings. The summed E-state index contributed by atoms with van der Waals surface area (Å²) < 4.78 is 6.09. The molecule has 0 radical (unpaired) electrons. The number of hydrogen-bond donors (Lipinski definition) is 3. The van der Waals surface area contributed by atoms with Crippen LogP contribution in [0.15, 0.2) is 29.2 Å². The van der Waals surface area contributed by atoms with Gasteiger partial charge in [-0.15, -0.1) is 13.2 Å². The quantitative estimate of drug-likeness (QED) is 0.446. The van der Waals surface area contributed by atoms with Crippen LogP contribution in [0.25, 0.3) is 0 Å². The minimum atomic E-state index is -1.17. The molecule has 0 aromatic heterocycles. The molecule has 0 saturated carbocycles. The lowest BCUT2D eigenvalue weighted by molar-refractivity contribution is -0.0348. The van der Waals surface area contributed by atoms with Crippen LogP contribution in [0, 0.1) is 0 Å². The lowest BCUT2D eigenvalue weighted by atomic mass is 10.1. The van der Waals surface area contributed by atoms with Gasteiger partial charge in [-0.05, 0) is 25.9 Å². The minimum absolute atomic E-state index is 0.0147. The summed E-state index contributed by atoms with van der Waals surface area (Å²) in [6, 6.07) is 0. The van der Waals surface area contributed by atoms with Crippen LogP contribution >= 0.6 is 22.8 Å². The van der Waals surface area contributed by atoms with Crippen molar-refractivity contribution in [3.63, 3.8) is 0 Å². The number of rotatable bonds is 6. The van der Waals surface area contributed by atoms with Gasteiger partial charge in [-0.2, -0.15) is 0 Å². The average Bonchev–Trinajstić information content (AvgIpc) is 2.75. The van der Waals surface area contributed by atoms with E-state index in [1.807, 2.05) is 0 Å². The standard InChI is InChI=1S/C16H27BrN3O3P/c1-10-19-15(18)11(5-7-21)9-20(10)16-13(17)14(22)12(23-16)6-8-24(2,3)4/h9,12-14,16,21-22H,1-2,5-8H2,3-4H3,(H2,18,19)/t12-,13?,14-,16-/m1/s1. The first-order valence-corrected chi connectivity index (χ1v) is 11.9. The molecule has 1 unspecified atom stereocenters. The van der Waals surface area contributed by atoms with E-state index in [4.69, 9.17) is 15.6 Å². The van der Waals surface area contributed by atoms with Crippen LogP contribution in [0.2, 0.25) is 0 Å². The Kier molecular flexibility index (Phi) is 6.37. The second-order valence-electron chi connectivity index (χ2n) is 6.90. The maximum atomic E-state index is 10.5. The van der Waals surface area contributed by atoms with Crippen molar-refractivity contribution in [2.45, 2.75) is 36.1 Å². The largest absolute Gasteiger partial charge is 0.396 e. The predicted octanol–water partition coefficient (Wildman–Crippen LogP) is 1.35. The van der Waals surface area contributed by atoms with Crippen LogP contribution < -0.4 is 5.73 Å². The van der Waals surface area contributed by atoms with Crippen molar-refractivity contribution in [1.29, 1.82) is 0 Å². The lowest BCUT2D eigenvalue weighted by Gasteiger charge is -2.32. The summed E-state index contributed by atoms with van der Waals surface area (Å²) in [6.45, 7) is 7.08. The second kappa shape index (κ2) is 7.75. The summed E-state index contributed by atoms with van der Waals surface area (Å²) in [7, 11) is 0. The summed E-state index contributed by atoms with van der Waals surface area (Å²) in [6.07, 6.45) is 6.84. The predicted molar refractivity (Wildman–Crippen MR) is 105 cm³/mol. The van der Waals surface area contributed by atoms with Crippen molar-refractivity contribution >= 4 is 35.0 Å². The van der Waals surface area contributed by atoms with E-state index in [0.717, 1.165) is 18.2 Å². The zero-order chi connectivity index (χ0) is 18.1. The molecule has 4 N–H and O–H groups in total. The fourth-order valence-corrected chi connectivity index (χ4v) is 4.43. The van der Waals surface area contributed by atoms with Crippen LogP contribution in [0.4, 0.5) is 0 Å². The number of ether oxygens (including phenoxy) is 1. The van der Waals surface area contributed by atoms with E-state index >= 15 is 0 Å². The van der Waals surface area contributed by atoms with Crippen molar-refractivity contribution in [2.75, 3.05) is 26.1 Å². The van der Waals surface area contributed by atoms with Crippen LogP contribution in [0.3, 0.4) is 0 Å². The highest BCUT2D eigenvalue weighted by atomic mass is 79.9. The number of alkyl halides is 1. The molecular weight excluding hydrogens is 393 g/mol. The fourth-order valence-electron chi connectivity index (χ4n) is 2.75. The molecule has 0 aromatic carbocycles. The normalized spacial score (nSPS) is 31.2. The van der Waals surface area contributed by atoms with E-state index in [0.29, 0.717) is 18.1 Å². The number of nitrogens with two attached hydrogens (primary N) is 1. The molecule has 2 aliphatic heterocycles. The zero-order valence-corrected chi connectivity index (χ0v) is 16.7. The van der Waals surface area contributed by atoms with E-state index in [1.165, 1.54) is 0 Å². The highest BCUT2D eigenvalue weighted by Crippen LogP contribution is 2.40. The topological polar surface area (TPSA) is 91.3 Å². The molecule has 8 heteroatoms. The van der Waals surface area contributed by atoms with Gasteiger partial charge in [0.2, 0.25) is 0 Å². The molecule has 2 rings (SSSR count). The summed E-state index contributed by atoms with van der Waals surface area (Å²) in [5, 5.41) is 19.7. The molecule has 0 aliphatic carbocycles. The van der Waals surface area contributed by atoms with Crippen molar-refractivity contribution in [3.05, 3.63) is 24.2 Å². The highest BCUT2D eigenvalue weighted by Gasteiger charge is 2.45. The van der Waals surface area contributed by atoms with Gasteiger partial charge in [-0.1, -0.05) is 22.5 Å². The summed E-state index contributed by atoms with van der Waals surface area (Å²) in [5.74, 6) is 0.816. The van der Waals surface area contributed by atoms with Gasteiger partial charge in [-0.3, -0.25) is 0 Å². The number of amidine groups is 1. The number of aliphatic imine (C=N–C) groups is 1. The van der Waals surface area contributed by atoms with Crippen LogP contribution in [-0.2, 0) is 4.74 Å².